The average molecular weight is 313 g/mol. The molecule has 1 fully saturated rings. The van der Waals surface area contributed by atoms with Crippen LogP contribution in [0.25, 0.3) is 0 Å². The molecule has 1 saturated heterocycles. The number of ether oxygens (including phenoxy) is 1. The van der Waals surface area contributed by atoms with Crippen LogP contribution >= 0.6 is 11.6 Å². The fraction of sp³-hybridized carbons (Fsp3) is 0.538. The van der Waals surface area contributed by atoms with Gasteiger partial charge >= 0.3 is 0 Å². The van der Waals surface area contributed by atoms with E-state index in [1.54, 1.807) is 0 Å². The summed E-state index contributed by atoms with van der Waals surface area (Å²) < 4.78 is 5.31. The van der Waals surface area contributed by atoms with Crippen molar-refractivity contribution in [1.82, 2.24) is 20.2 Å². The van der Waals surface area contributed by atoms with E-state index in [1.165, 1.54) is 17.3 Å². The highest BCUT2D eigenvalue weighted by atomic mass is 35.5. The fourth-order valence-corrected chi connectivity index (χ4v) is 2.18. The third-order valence-corrected chi connectivity index (χ3v) is 3.13. The predicted octanol–water partition coefficient (Wildman–Crippen LogP) is 0.496. The third kappa shape index (κ3) is 3.89. The van der Waals surface area contributed by atoms with Crippen LogP contribution < -0.4 is 5.32 Å². The molecular formula is C13H17ClN4O3. The summed E-state index contributed by atoms with van der Waals surface area (Å²) in [5.41, 5.74) is 0.117. The summed E-state index contributed by atoms with van der Waals surface area (Å²) in [4.78, 5) is 33.9. The maximum absolute atomic E-state index is 12.5. The van der Waals surface area contributed by atoms with E-state index in [9.17, 15) is 9.59 Å². The van der Waals surface area contributed by atoms with Gasteiger partial charge in [0.2, 0.25) is 5.91 Å². The van der Waals surface area contributed by atoms with Crippen LogP contribution in [-0.4, -0.2) is 58.5 Å². The molecule has 114 valence electrons. The Morgan fingerprint density at radius 3 is 2.90 bits per heavy atom. The Bertz CT molecular complexity index is 538. The summed E-state index contributed by atoms with van der Waals surface area (Å²) in [6.07, 6.45) is 2.68. The number of carbonyl (C=O) groups is 2. The number of hydrogen-bond donors (Lipinski definition) is 1. The topological polar surface area (TPSA) is 84.4 Å². The molecule has 2 rings (SSSR count). The van der Waals surface area contributed by atoms with Gasteiger partial charge in [0, 0.05) is 12.6 Å². The van der Waals surface area contributed by atoms with Gasteiger partial charge in [-0.15, -0.1) is 0 Å². The highest BCUT2D eigenvalue weighted by molar-refractivity contribution is 6.29. The molecule has 1 aromatic heterocycles. The molecule has 1 aliphatic rings. The summed E-state index contributed by atoms with van der Waals surface area (Å²) in [6, 6.07) is -0.684. The van der Waals surface area contributed by atoms with Crippen LogP contribution in [0.4, 0.5) is 0 Å². The van der Waals surface area contributed by atoms with Gasteiger partial charge in [-0.2, -0.15) is 0 Å². The number of nitrogens with zero attached hydrogens (tertiary/aromatic N) is 3. The molecular weight excluding hydrogens is 296 g/mol. The number of hydrogen-bond acceptors (Lipinski definition) is 5. The predicted molar refractivity (Wildman–Crippen MR) is 76.0 cm³/mol. The Morgan fingerprint density at radius 1 is 1.48 bits per heavy atom. The molecule has 0 radical (unpaired) electrons. The Balaban J connectivity index is 2.18. The monoisotopic (exact) mass is 312 g/mol. The van der Waals surface area contributed by atoms with Gasteiger partial charge in [0.15, 0.2) is 0 Å². The van der Waals surface area contributed by atoms with E-state index < -0.39 is 6.04 Å². The van der Waals surface area contributed by atoms with Gasteiger partial charge in [0.25, 0.3) is 5.91 Å². The molecule has 1 atom stereocenters. The van der Waals surface area contributed by atoms with E-state index in [0.717, 1.165) is 0 Å². The van der Waals surface area contributed by atoms with Gasteiger partial charge in [0.05, 0.1) is 25.6 Å². The van der Waals surface area contributed by atoms with Gasteiger partial charge in [-0.1, -0.05) is 11.6 Å². The number of halogens is 1. The van der Waals surface area contributed by atoms with E-state index in [4.69, 9.17) is 16.3 Å². The van der Waals surface area contributed by atoms with Crippen molar-refractivity contribution in [3.63, 3.8) is 0 Å². The molecule has 1 N–H and O–H groups in total. The molecule has 0 aliphatic carbocycles. The second-order valence-corrected chi connectivity index (χ2v) is 5.37. The molecule has 0 saturated carbocycles. The number of amides is 2. The fourth-order valence-electron chi connectivity index (χ4n) is 2.04. The second kappa shape index (κ2) is 6.82. The van der Waals surface area contributed by atoms with E-state index in [0.29, 0.717) is 13.2 Å². The molecule has 0 bridgehead atoms. The zero-order chi connectivity index (χ0) is 15.4. The number of rotatable bonds is 3. The second-order valence-electron chi connectivity index (χ2n) is 4.98. The van der Waals surface area contributed by atoms with Crippen molar-refractivity contribution in [2.75, 3.05) is 19.8 Å². The molecule has 1 aromatic rings. The Kier molecular flexibility index (Phi) is 5.08. The molecule has 21 heavy (non-hydrogen) atoms. The van der Waals surface area contributed by atoms with Crippen LogP contribution in [0.1, 0.15) is 24.3 Å². The van der Waals surface area contributed by atoms with Crippen molar-refractivity contribution in [1.29, 1.82) is 0 Å². The van der Waals surface area contributed by atoms with Crippen LogP contribution in [0.2, 0.25) is 5.15 Å². The SMILES string of the molecule is CC(C)NC(=O)C1COCCN1C(=O)c1cncc(Cl)n1. The molecule has 2 amide bonds. The summed E-state index contributed by atoms with van der Waals surface area (Å²) in [5.74, 6) is -0.620. The molecule has 0 aromatic carbocycles. The zero-order valence-corrected chi connectivity index (χ0v) is 12.6. The zero-order valence-electron chi connectivity index (χ0n) is 11.9. The third-order valence-electron chi connectivity index (χ3n) is 2.95. The van der Waals surface area contributed by atoms with Gasteiger partial charge in [-0.25, -0.2) is 4.98 Å². The van der Waals surface area contributed by atoms with Crippen LogP contribution in [0, 0.1) is 0 Å². The maximum atomic E-state index is 12.5. The van der Waals surface area contributed by atoms with Crippen molar-refractivity contribution in [3.8, 4) is 0 Å². The van der Waals surface area contributed by atoms with E-state index in [-0.39, 0.29) is 35.3 Å². The molecule has 2 heterocycles. The van der Waals surface area contributed by atoms with Crippen molar-refractivity contribution in [3.05, 3.63) is 23.2 Å². The van der Waals surface area contributed by atoms with Crippen molar-refractivity contribution < 1.29 is 14.3 Å². The quantitative estimate of drug-likeness (QED) is 0.878. The highest BCUT2D eigenvalue weighted by Crippen LogP contribution is 2.13. The summed E-state index contributed by atoms with van der Waals surface area (Å²) in [7, 11) is 0. The number of morpholine rings is 1. The maximum Gasteiger partial charge on any atom is 0.274 e. The van der Waals surface area contributed by atoms with Gasteiger partial charge in [0.1, 0.15) is 16.9 Å². The van der Waals surface area contributed by atoms with Crippen molar-refractivity contribution in [2.45, 2.75) is 25.9 Å². The van der Waals surface area contributed by atoms with Crippen LogP contribution in [0.15, 0.2) is 12.4 Å². The smallest absolute Gasteiger partial charge is 0.274 e. The van der Waals surface area contributed by atoms with E-state index in [1.807, 2.05) is 13.8 Å². The lowest BCUT2D eigenvalue weighted by molar-refractivity contribution is -0.131. The highest BCUT2D eigenvalue weighted by Gasteiger charge is 2.34. The molecule has 1 unspecified atom stereocenters. The van der Waals surface area contributed by atoms with Gasteiger partial charge in [-0.05, 0) is 13.8 Å². The van der Waals surface area contributed by atoms with Gasteiger partial charge < -0.3 is 15.0 Å². The molecule has 8 heteroatoms. The average Bonchev–Trinajstić information content (AvgIpc) is 2.46. The van der Waals surface area contributed by atoms with Crippen LogP contribution in [0.5, 0.6) is 0 Å². The minimum absolute atomic E-state index is 0.0117. The Morgan fingerprint density at radius 2 is 2.24 bits per heavy atom. The molecule has 0 spiro atoms. The minimum Gasteiger partial charge on any atom is -0.377 e. The number of nitrogens with one attached hydrogen (secondary N) is 1. The van der Waals surface area contributed by atoms with Crippen molar-refractivity contribution in [2.24, 2.45) is 0 Å². The lowest BCUT2D eigenvalue weighted by atomic mass is 10.2. The minimum atomic E-state index is -0.672. The molecule has 7 nitrogen and oxygen atoms in total. The lowest BCUT2D eigenvalue weighted by Crippen LogP contribution is -2.56. The van der Waals surface area contributed by atoms with Crippen molar-refractivity contribution >= 4 is 23.4 Å². The largest absolute Gasteiger partial charge is 0.377 e. The Labute approximate surface area is 127 Å². The molecule has 1 aliphatic heterocycles. The number of carbonyl (C=O) groups excluding carboxylic acids is 2. The normalized spacial score (nSPS) is 18.7. The summed E-state index contributed by atoms with van der Waals surface area (Å²) in [5, 5.41) is 2.92. The lowest BCUT2D eigenvalue weighted by Gasteiger charge is -2.34. The first-order valence-corrected chi connectivity index (χ1v) is 7.03. The first kappa shape index (κ1) is 15.7. The standard InChI is InChI=1S/C13H17ClN4O3/c1-8(2)16-12(19)10-7-21-4-3-18(10)13(20)9-5-15-6-11(14)17-9/h5-6,8,10H,3-4,7H2,1-2H3,(H,16,19). The Hall–Kier alpha value is -1.73. The van der Waals surface area contributed by atoms with E-state index >= 15 is 0 Å². The summed E-state index contributed by atoms with van der Waals surface area (Å²) >= 11 is 5.75. The van der Waals surface area contributed by atoms with Crippen LogP contribution in [0.3, 0.4) is 0 Å². The first-order valence-electron chi connectivity index (χ1n) is 6.65. The number of aromatic nitrogens is 2. The first-order chi connectivity index (χ1) is 9.99. The van der Waals surface area contributed by atoms with E-state index in [2.05, 4.69) is 15.3 Å². The van der Waals surface area contributed by atoms with Gasteiger partial charge in [-0.3, -0.25) is 14.6 Å². The van der Waals surface area contributed by atoms with Crippen LogP contribution in [-0.2, 0) is 9.53 Å². The summed E-state index contributed by atoms with van der Waals surface area (Å²) in [6.45, 7) is 4.58.